The lowest BCUT2D eigenvalue weighted by atomic mass is 10.0. The van der Waals surface area contributed by atoms with Crippen molar-refractivity contribution in [3.8, 4) is 0 Å². The van der Waals surface area contributed by atoms with Gasteiger partial charge in [-0.05, 0) is 35.9 Å². The number of fused-ring (bicyclic) bond motifs is 1. The highest BCUT2D eigenvalue weighted by atomic mass is 79.9. The maximum absolute atomic E-state index is 14.4. The highest BCUT2D eigenvalue weighted by molar-refractivity contribution is 9.10. The summed E-state index contributed by atoms with van der Waals surface area (Å²) >= 11 is 9.68. The van der Waals surface area contributed by atoms with E-state index in [0.717, 1.165) is 15.7 Å². The number of aromatic nitrogens is 3. The Bertz CT molecular complexity index is 916. The smallest absolute Gasteiger partial charge is 0.226 e. The maximum atomic E-state index is 14.4. The highest BCUT2D eigenvalue weighted by Gasteiger charge is 2.27. The van der Waals surface area contributed by atoms with Crippen LogP contribution in [-0.2, 0) is 0 Å². The molecule has 0 unspecified atom stereocenters. The second kappa shape index (κ2) is 6.03. The average molecular weight is 406 g/mol. The van der Waals surface area contributed by atoms with Crippen molar-refractivity contribution in [3.63, 3.8) is 0 Å². The molecule has 1 aromatic heterocycles. The Hall–Kier alpha value is -2.18. The third-order valence-electron chi connectivity index (χ3n) is 3.86. The van der Waals surface area contributed by atoms with Gasteiger partial charge in [-0.2, -0.15) is 10.1 Å². The number of hydrogen-bond acceptors (Lipinski definition) is 3. The Morgan fingerprint density at radius 1 is 1.17 bits per heavy atom. The third-order valence-corrected chi connectivity index (χ3v) is 4.72. The Morgan fingerprint density at radius 3 is 2.71 bits per heavy atom. The molecule has 0 aliphatic carbocycles. The van der Waals surface area contributed by atoms with Crippen molar-refractivity contribution in [2.75, 3.05) is 5.32 Å². The summed E-state index contributed by atoms with van der Waals surface area (Å²) in [6, 6.07) is 12.0. The molecule has 0 fully saturated rings. The van der Waals surface area contributed by atoms with E-state index in [1.807, 2.05) is 30.3 Å². The quantitative estimate of drug-likeness (QED) is 0.660. The van der Waals surface area contributed by atoms with E-state index in [0.29, 0.717) is 16.5 Å². The van der Waals surface area contributed by atoms with Crippen LogP contribution in [0.15, 0.2) is 59.3 Å². The van der Waals surface area contributed by atoms with Crippen molar-refractivity contribution in [1.29, 1.82) is 0 Å². The topological polar surface area (TPSA) is 42.7 Å². The predicted octanol–water partition coefficient (Wildman–Crippen LogP) is 4.89. The van der Waals surface area contributed by atoms with Gasteiger partial charge in [-0.3, -0.25) is 0 Å². The molecule has 0 amide bonds. The number of nitrogens with one attached hydrogen (secondary N) is 1. The number of allylic oxidation sites excluding steroid dienone is 1. The van der Waals surface area contributed by atoms with Crippen LogP contribution in [0.2, 0.25) is 5.02 Å². The zero-order chi connectivity index (χ0) is 16.7. The van der Waals surface area contributed by atoms with Gasteiger partial charge in [0.1, 0.15) is 18.2 Å². The van der Waals surface area contributed by atoms with Gasteiger partial charge < -0.3 is 5.32 Å². The molecular weight excluding hydrogens is 395 g/mol. The molecular formula is C17H11BrClFN4. The van der Waals surface area contributed by atoms with Crippen LogP contribution in [0.4, 0.5) is 10.3 Å². The second-order valence-corrected chi connectivity index (χ2v) is 6.64. The predicted molar refractivity (Wildman–Crippen MR) is 95.3 cm³/mol. The average Bonchev–Trinajstić information content (AvgIpc) is 3.04. The number of anilines is 1. The van der Waals surface area contributed by atoms with E-state index >= 15 is 0 Å². The summed E-state index contributed by atoms with van der Waals surface area (Å²) in [5.41, 5.74) is 2.17. The molecule has 120 valence electrons. The van der Waals surface area contributed by atoms with Crippen LogP contribution < -0.4 is 5.32 Å². The molecule has 0 spiro atoms. The molecule has 2 aromatic carbocycles. The first-order valence-corrected chi connectivity index (χ1v) is 8.39. The van der Waals surface area contributed by atoms with E-state index in [4.69, 9.17) is 11.6 Å². The summed E-state index contributed by atoms with van der Waals surface area (Å²) < 4.78 is 17.0. The van der Waals surface area contributed by atoms with E-state index in [1.165, 1.54) is 12.4 Å². The van der Waals surface area contributed by atoms with Crippen molar-refractivity contribution in [2.45, 2.75) is 6.04 Å². The first-order chi connectivity index (χ1) is 11.6. The molecule has 1 aliphatic heterocycles. The fourth-order valence-electron chi connectivity index (χ4n) is 2.73. The van der Waals surface area contributed by atoms with Gasteiger partial charge in [0, 0.05) is 20.8 Å². The van der Waals surface area contributed by atoms with E-state index in [-0.39, 0.29) is 5.82 Å². The molecule has 0 bridgehead atoms. The minimum Gasteiger partial charge on any atom is -0.324 e. The number of nitrogens with zero attached hydrogens (tertiary/aromatic N) is 3. The lowest BCUT2D eigenvalue weighted by Crippen LogP contribution is -2.21. The molecule has 1 N–H and O–H groups in total. The Kier molecular flexibility index (Phi) is 3.86. The fraction of sp³-hybridized carbons (Fsp3) is 0.0588. The monoisotopic (exact) mass is 404 g/mol. The second-order valence-electron chi connectivity index (χ2n) is 5.32. The fourth-order valence-corrected chi connectivity index (χ4v) is 3.27. The van der Waals surface area contributed by atoms with E-state index < -0.39 is 6.04 Å². The van der Waals surface area contributed by atoms with Crippen molar-refractivity contribution in [3.05, 3.63) is 81.3 Å². The van der Waals surface area contributed by atoms with Crippen LogP contribution in [0.5, 0.6) is 0 Å². The number of benzene rings is 2. The number of halogens is 3. The lowest BCUT2D eigenvalue weighted by Gasteiger charge is -2.25. The van der Waals surface area contributed by atoms with Crippen molar-refractivity contribution in [2.24, 2.45) is 0 Å². The summed E-state index contributed by atoms with van der Waals surface area (Å²) in [4.78, 5) is 4.21. The van der Waals surface area contributed by atoms with Crippen molar-refractivity contribution < 1.29 is 4.39 Å². The Labute approximate surface area is 151 Å². The normalized spacial score (nSPS) is 16.3. The van der Waals surface area contributed by atoms with Crippen LogP contribution in [0, 0.1) is 5.82 Å². The maximum Gasteiger partial charge on any atom is 0.226 e. The lowest BCUT2D eigenvalue weighted by molar-refractivity contribution is 0.551. The minimum absolute atomic E-state index is 0.356. The molecule has 7 heteroatoms. The summed E-state index contributed by atoms with van der Waals surface area (Å²) in [6.45, 7) is 0. The molecule has 4 rings (SSSR count). The van der Waals surface area contributed by atoms with Crippen LogP contribution in [0.25, 0.3) is 5.70 Å². The van der Waals surface area contributed by atoms with Crippen molar-refractivity contribution in [1.82, 2.24) is 14.8 Å². The summed E-state index contributed by atoms with van der Waals surface area (Å²) in [5.74, 6) is 0.169. The van der Waals surface area contributed by atoms with Gasteiger partial charge in [-0.1, -0.05) is 45.7 Å². The molecule has 0 saturated carbocycles. The summed E-state index contributed by atoms with van der Waals surface area (Å²) in [7, 11) is 0. The van der Waals surface area contributed by atoms with Crippen LogP contribution >= 0.6 is 27.5 Å². The summed E-state index contributed by atoms with van der Waals surface area (Å²) in [5, 5.41) is 7.78. The van der Waals surface area contributed by atoms with Gasteiger partial charge in [0.15, 0.2) is 0 Å². The number of rotatable bonds is 2. The van der Waals surface area contributed by atoms with Crippen LogP contribution in [0.1, 0.15) is 17.2 Å². The molecule has 3 aromatic rings. The van der Waals surface area contributed by atoms with E-state index in [9.17, 15) is 4.39 Å². The largest absolute Gasteiger partial charge is 0.324 e. The standard InChI is InChI=1S/C17H11BrClFN4/c18-11-6-4-10(5-7-11)14-8-15(24-17(23-14)21-9-22-24)16-12(19)2-1-3-13(16)20/h1-9,15H,(H,21,22,23)/t15-/m0/s1. The van der Waals surface area contributed by atoms with Crippen LogP contribution in [-0.4, -0.2) is 14.8 Å². The van der Waals surface area contributed by atoms with Crippen molar-refractivity contribution >= 4 is 39.2 Å². The van der Waals surface area contributed by atoms with Gasteiger partial charge in [0.25, 0.3) is 0 Å². The highest BCUT2D eigenvalue weighted by Crippen LogP contribution is 2.36. The molecule has 24 heavy (non-hydrogen) atoms. The first-order valence-electron chi connectivity index (χ1n) is 7.21. The zero-order valence-corrected chi connectivity index (χ0v) is 14.6. The molecule has 4 nitrogen and oxygen atoms in total. The third kappa shape index (κ3) is 2.61. The summed E-state index contributed by atoms with van der Waals surface area (Å²) in [6.07, 6.45) is 3.33. The van der Waals surface area contributed by atoms with E-state index in [2.05, 4.69) is 31.3 Å². The van der Waals surface area contributed by atoms with Gasteiger partial charge in [0.2, 0.25) is 5.95 Å². The van der Waals surface area contributed by atoms with Gasteiger partial charge in [0.05, 0.1) is 0 Å². The SMILES string of the molecule is Fc1cccc(Cl)c1[C@@H]1C=C(c2ccc(Br)cc2)Nc2ncnn21. The molecule has 0 saturated heterocycles. The zero-order valence-electron chi connectivity index (χ0n) is 12.2. The number of hydrogen-bond donors (Lipinski definition) is 1. The molecule has 1 aliphatic rings. The van der Waals surface area contributed by atoms with Crippen LogP contribution in [0.3, 0.4) is 0 Å². The van der Waals surface area contributed by atoms with E-state index in [1.54, 1.807) is 16.8 Å². The molecule has 0 radical (unpaired) electrons. The van der Waals surface area contributed by atoms with Gasteiger partial charge in [-0.15, -0.1) is 0 Å². The Morgan fingerprint density at radius 2 is 1.96 bits per heavy atom. The Balaban J connectivity index is 1.87. The minimum atomic E-state index is -0.476. The first kappa shape index (κ1) is 15.4. The molecule has 1 atom stereocenters. The molecule has 2 heterocycles. The van der Waals surface area contributed by atoms with Gasteiger partial charge in [-0.25, -0.2) is 9.07 Å². The van der Waals surface area contributed by atoms with Gasteiger partial charge >= 0.3 is 0 Å².